The van der Waals surface area contributed by atoms with Crippen LogP contribution in [0.25, 0.3) is 0 Å². The SMILES string of the molecule is NCCOCCOC1COC1. The summed E-state index contributed by atoms with van der Waals surface area (Å²) in [6.45, 7) is 3.94. The molecule has 1 aliphatic heterocycles. The molecule has 0 aromatic carbocycles. The maximum Gasteiger partial charge on any atom is 0.104 e. The lowest BCUT2D eigenvalue weighted by molar-refractivity contribution is -0.136. The Morgan fingerprint density at radius 3 is 2.64 bits per heavy atom. The van der Waals surface area contributed by atoms with Gasteiger partial charge in [-0.15, -0.1) is 0 Å². The van der Waals surface area contributed by atoms with Gasteiger partial charge in [-0.25, -0.2) is 0 Å². The van der Waals surface area contributed by atoms with Crippen LogP contribution in [0.15, 0.2) is 0 Å². The van der Waals surface area contributed by atoms with Crippen molar-refractivity contribution in [1.82, 2.24) is 0 Å². The summed E-state index contributed by atoms with van der Waals surface area (Å²) in [7, 11) is 0. The zero-order chi connectivity index (χ0) is 7.94. The van der Waals surface area contributed by atoms with E-state index in [-0.39, 0.29) is 0 Å². The topological polar surface area (TPSA) is 53.7 Å². The Hall–Kier alpha value is -0.160. The molecule has 1 aliphatic rings. The fourth-order valence-corrected chi connectivity index (χ4v) is 0.769. The number of hydrogen-bond donors (Lipinski definition) is 1. The molecule has 0 amide bonds. The van der Waals surface area contributed by atoms with Gasteiger partial charge in [-0.05, 0) is 0 Å². The highest BCUT2D eigenvalue weighted by Gasteiger charge is 2.17. The highest BCUT2D eigenvalue weighted by Crippen LogP contribution is 2.04. The van der Waals surface area contributed by atoms with Crippen molar-refractivity contribution in [3.63, 3.8) is 0 Å². The Bertz CT molecular complexity index is 95.7. The predicted octanol–water partition coefficient (Wildman–Crippen LogP) is -0.623. The third kappa shape index (κ3) is 3.67. The van der Waals surface area contributed by atoms with Gasteiger partial charge in [-0.2, -0.15) is 0 Å². The van der Waals surface area contributed by atoms with Crippen molar-refractivity contribution in [2.24, 2.45) is 5.73 Å². The van der Waals surface area contributed by atoms with Crippen molar-refractivity contribution in [3.05, 3.63) is 0 Å². The summed E-state index contributed by atoms with van der Waals surface area (Å²) in [5.41, 5.74) is 5.22. The molecule has 4 nitrogen and oxygen atoms in total. The molecule has 0 aromatic rings. The van der Waals surface area contributed by atoms with Crippen LogP contribution in [-0.4, -0.2) is 45.7 Å². The van der Waals surface area contributed by atoms with Crippen LogP contribution < -0.4 is 5.73 Å². The van der Waals surface area contributed by atoms with Gasteiger partial charge in [-0.3, -0.25) is 0 Å². The van der Waals surface area contributed by atoms with Gasteiger partial charge in [0.25, 0.3) is 0 Å². The minimum Gasteiger partial charge on any atom is -0.378 e. The molecule has 0 aliphatic carbocycles. The van der Waals surface area contributed by atoms with Crippen LogP contribution in [0.3, 0.4) is 0 Å². The van der Waals surface area contributed by atoms with E-state index >= 15 is 0 Å². The molecule has 0 spiro atoms. The molecule has 0 bridgehead atoms. The molecular weight excluding hydrogens is 146 g/mol. The predicted molar refractivity (Wildman–Crippen MR) is 40.4 cm³/mol. The lowest BCUT2D eigenvalue weighted by Crippen LogP contribution is -2.36. The zero-order valence-electron chi connectivity index (χ0n) is 6.62. The average Bonchev–Trinajstić information content (AvgIpc) is 1.93. The molecule has 1 heterocycles. The van der Waals surface area contributed by atoms with Gasteiger partial charge >= 0.3 is 0 Å². The summed E-state index contributed by atoms with van der Waals surface area (Å²) in [5.74, 6) is 0. The van der Waals surface area contributed by atoms with E-state index in [9.17, 15) is 0 Å². The molecule has 66 valence electrons. The lowest BCUT2D eigenvalue weighted by atomic mass is 10.3. The first-order valence-corrected chi connectivity index (χ1v) is 3.90. The fraction of sp³-hybridized carbons (Fsp3) is 1.00. The summed E-state index contributed by atoms with van der Waals surface area (Å²) in [6, 6.07) is 0. The van der Waals surface area contributed by atoms with Crippen LogP contribution in [0.1, 0.15) is 0 Å². The van der Waals surface area contributed by atoms with Crippen LogP contribution in [-0.2, 0) is 14.2 Å². The summed E-state index contributed by atoms with van der Waals surface area (Å²) >= 11 is 0. The standard InChI is InChI=1S/C7H15NO3/c8-1-2-9-3-4-11-7-5-10-6-7/h7H,1-6,8H2. The molecule has 0 saturated carbocycles. The van der Waals surface area contributed by atoms with Crippen molar-refractivity contribution >= 4 is 0 Å². The highest BCUT2D eigenvalue weighted by molar-refractivity contribution is 4.63. The first-order chi connectivity index (χ1) is 5.43. The number of nitrogens with two attached hydrogens (primary N) is 1. The molecule has 0 unspecified atom stereocenters. The second-order valence-corrected chi connectivity index (χ2v) is 2.43. The van der Waals surface area contributed by atoms with E-state index in [1.54, 1.807) is 0 Å². The molecule has 4 heteroatoms. The lowest BCUT2D eigenvalue weighted by Gasteiger charge is -2.25. The van der Waals surface area contributed by atoms with E-state index in [0.717, 1.165) is 13.2 Å². The fourth-order valence-electron chi connectivity index (χ4n) is 0.769. The Balaban J connectivity index is 1.73. The maximum atomic E-state index is 5.33. The largest absolute Gasteiger partial charge is 0.378 e. The zero-order valence-corrected chi connectivity index (χ0v) is 6.62. The second kappa shape index (κ2) is 5.49. The Labute approximate surface area is 66.6 Å². The third-order valence-corrected chi connectivity index (χ3v) is 1.45. The molecule has 2 N–H and O–H groups in total. The molecule has 1 fully saturated rings. The van der Waals surface area contributed by atoms with Crippen LogP contribution in [0.5, 0.6) is 0 Å². The van der Waals surface area contributed by atoms with Gasteiger partial charge in [0.2, 0.25) is 0 Å². The molecule has 11 heavy (non-hydrogen) atoms. The highest BCUT2D eigenvalue weighted by atomic mass is 16.6. The van der Waals surface area contributed by atoms with Gasteiger partial charge in [-0.1, -0.05) is 0 Å². The quantitative estimate of drug-likeness (QED) is 0.527. The minimum atomic E-state index is 0.302. The van der Waals surface area contributed by atoms with Crippen molar-refractivity contribution < 1.29 is 14.2 Å². The monoisotopic (exact) mass is 161 g/mol. The normalized spacial score (nSPS) is 18.3. The van der Waals surface area contributed by atoms with E-state index in [4.69, 9.17) is 19.9 Å². The van der Waals surface area contributed by atoms with Gasteiger partial charge in [0, 0.05) is 6.54 Å². The smallest absolute Gasteiger partial charge is 0.104 e. The number of hydrogen-bond acceptors (Lipinski definition) is 4. The van der Waals surface area contributed by atoms with Crippen LogP contribution in [0.4, 0.5) is 0 Å². The van der Waals surface area contributed by atoms with Gasteiger partial charge in [0.15, 0.2) is 0 Å². The summed E-state index contributed by atoms with van der Waals surface area (Å²) in [4.78, 5) is 0. The first-order valence-electron chi connectivity index (χ1n) is 3.90. The van der Waals surface area contributed by atoms with E-state index < -0.39 is 0 Å². The molecule has 0 radical (unpaired) electrons. The van der Waals surface area contributed by atoms with Crippen LogP contribution in [0.2, 0.25) is 0 Å². The third-order valence-electron chi connectivity index (χ3n) is 1.45. The molecule has 0 atom stereocenters. The Morgan fingerprint density at radius 2 is 2.09 bits per heavy atom. The first kappa shape index (κ1) is 8.93. The number of ether oxygens (including phenoxy) is 3. The molecular formula is C7H15NO3. The Morgan fingerprint density at radius 1 is 1.27 bits per heavy atom. The summed E-state index contributed by atoms with van der Waals surface area (Å²) < 4.78 is 15.4. The van der Waals surface area contributed by atoms with Gasteiger partial charge in [0.05, 0.1) is 33.0 Å². The minimum absolute atomic E-state index is 0.302. The second-order valence-electron chi connectivity index (χ2n) is 2.43. The van der Waals surface area contributed by atoms with Gasteiger partial charge in [0.1, 0.15) is 6.10 Å². The van der Waals surface area contributed by atoms with E-state index in [2.05, 4.69) is 0 Å². The Kier molecular flexibility index (Phi) is 4.45. The molecule has 1 saturated heterocycles. The molecule has 0 aromatic heterocycles. The molecule has 1 rings (SSSR count). The summed E-state index contributed by atoms with van der Waals surface area (Å²) in [6.07, 6.45) is 0.302. The van der Waals surface area contributed by atoms with Gasteiger partial charge < -0.3 is 19.9 Å². The van der Waals surface area contributed by atoms with Crippen molar-refractivity contribution in [3.8, 4) is 0 Å². The van der Waals surface area contributed by atoms with E-state index in [0.29, 0.717) is 32.5 Å². The summed E-state index contributed by atoms with van der Waals surface area (Å²) in [5, 5.41) is 0. The van der Waals surface area contributed by atoms with Crippen molar-refractivity contribution in [2.75, 3.05) is 39.6 Å². The van der Waals surface area contributed by atoms with E-state index in [1.807, 2.05) is 0 Å². The maximum absolute atomic E-state index is 5.33. The van der Waals surface area contributed by atoms with Crippen molar-refractivity contribution in [1.29, 1.82) is 0 Å². The average molecular weight is 161 g/mol. The van der Waals surface area contributed by atoms with Crippen molar-refractivity contribution in [2.45, 2.75) is 6.10 Å². The van der Waals surface area contributed by atoms with Crippen LogP contribution in [0, 0.1) is 0 Å². The van der Waals surface area contributed by atoms with Crippen LogP contribution >= 0.6 is 0 Å². The van der Waals surface area contributed by atoms with E-state index in [1.165, 1.54) is 0 Å². The number of rotatable bonds is 6.